The van der Waals surface area contributed by atoms with Crippen LogP contribution >= 0.6 is 0 Å². The largest absolute Gasteiger partial charge is 0.373 e. The van der Waals surface area contributed by atoms with Crippen LogP contribution in [-0.4, -0.2) is 57.8 Å². The molecule has 1 aliphatic rings. The third-order valence-corrected chi connectivity index (χ3v) is 3.35. The van der Waals surface area contributed by atoms with Crippen LogP contribution in [0.5, 0.6) is 0 Å². The van der Waals surface area contributed by atoms with Gasteiger partial charge in [-0.3, -0.25) is 9.89 Å². The quantitative estimate of drug-likeness (QED) is 0.812. The highest BCUT2D eigenvalue weighted by molar-refractivity contribution is 5.90. The van der Waals surface area contributed by atoms with Gasteiger partial charge in [-0.1, -0.05) is 20.8 Å². The minimum atomic E-state index is -0.175. The van der Waals surface area contributed by atoms with Gasteiger partial charge in [0.15, 0.2) is 0 Å². The van der Waals surface area contributed by atoms with E-state index in [0.29, 0.717) is 25.5 Å². The summed E-state index contributed by atoms with van der Waals surface area (Å²) >= 11 is 0. The normalized spacial score (nSPS) is 21.9. The lowest BCUT2D eigenvalue weighted by molar-refractivity contribution is -0.0303. The second-order valence-electron chi connectivity index (χ2n) is 6.28. The number of H-pyrrole nitrogens is 1. The van der Waals surface area contributed by atoms with Crippen molar-refractivity contribution in [2.24, 2.45) is 5.73 Å². The number of hydrogen-bond donors (Lipinski definition) is 2. The fraction of sp³-hybridized carbons (Fsp3) is 0.769. The Balaban J connectivity index is 2.09. The predicted octanol–water partition coefficient (Wildman–Crippen LogP) is 0.290. The van der Waals surface area contributed by atoms with E-state index in [1.54, 1.807) is 4.90 Å². The van der Waals surface area contributed by atoms with Gasteiger partial charge in [-0.25, -0.2) is 4.98 Å². The Morgan fingerprint density at radius 2 is 2.25 bits per heavy atom. The highest BCUT2D eigenvalue weighted by atomic mass is 16.5. The summed E-state index contributed by atoms with van der Waals surface area (Å²) in [6.07, 6.45) is -0.131. The van der Waals surface area contributed by atoms with E-state index in [-0.39, 0.29) is 29.3 Å². The molecule has 1 saturated heterocycles. The van der Waals surface area contributed by atoms with E-state index in [9.17, 15) is 4.79 Å². The number of amides is 1. The van der Waals surface area contributed by atoms with Crippen molar-refractivity contribution in [3.05, 3.63) is 11.6 Å². The van der Waals surface area contributed by atoms with Crippen molar-refractivity contribution in [2.45, 2.75) is 45.3 Å². The van der Waals surface area contributed by atoms with E-state index in [0.717, 1.165) is 0 Å². The molecule has 2 rings (SSSR count). The molecular weight excluding hydrogens is 258 g/mol. The molecule has 7 heteroatoms. The molecule has 2 unspecified atom stereocenters. The molecular formula is C13H23N5O2. The Kier molecular flexibility index (Phi) is 4.10. The molecule has 20 heavy (non-hydrogen) atoms. The summed E-state index contributed by atoms with van der Waals surface area (Å²) in [5.41, 5.74) is 5.67. The summed E-state index contributed by atoms with van der Waals surface area (Å²) in [5, 5.41) is 6.86. The lowest BCUT2D eigenvalue weighted by Gasteiger charge is -2.34. The summed E-state index contributed by atoms with van der Waals surface area (Å²) in [6.45, 7) is 9.45. The number of aromatic nitrogens is 3. The molecule has 0 spiro atoms. The van der Waals surface area contributed by atoms with Crippen LogP contribution in [0.25, 0.3) is 0 Å². The van der Waals surface area contributed by atoms with Gasteiger partial charge in [0.05, 0.1) is 12.7 Å². The first-order valence-corrected chi connectivity index (χ1v) is 6.88. The Morgan fingerprint density at radius 3 is 2.80 bits per heavy atom. The van der Waals surface area contributed by atoms with Gasteiger partial charge < -0.3 is 15.4 Å². The molecule has 0 aromatic carbocycles. The number of ether oxygens (including phenoxy) is 1. The van der Waals surface area contributed by atoms with Crippen LogP contribution in [0.4, 0.5) is 0 Å². The van der Waals surface area contributed by atoms with Gasteiger partial charge in [0.25, 0.3) is 5.91 Å². The molecule has 0 radical (unpaired) electrons. The molecule has 0 aliphatic carbocycles. The zero-order valence-electron chi connectivity index (χ0n) is 12.5. The highest BCUT2D eigenvalue weighted by Gasteiger charge is 2.30. The third-order valence-electron chi connectivity index (χ3n) is 3.35. The maximum absolute atomic E-state index is 12.4. The van der Waals surface area contributed by atoms with Crippen LogP contribution in [-0.2, 0) is 10.2 Å². The fourth-order valence-electron chi connectivity index (χ4n) is 2.01. The molecule has 112 valence electrons. The lowest BCUT2D eigenvalue weighted by Crippen LogP contribution is -2.51. The summed E-state index contributed by atoms with van der Waals surface area (Å²) in [6, 6.07) is -0.108. The molecule has 1 aromatic heterocycles. The monoisotopic (exact) mass is 281 g/mol. The molecule has 1 amide bonds. The van der Waals surface area contributed by atoms with Gasteiger partial charge in [-0.05, 0) is 6.92 Å². The smallest absolute Gasteiger partial charge is 0.293 e. The Hall–Kier alpha value is -1.47. The van der Waals surface area contributed by atoms with E-state index in [1.165, 1.54) is 0 Å². The highest BCUT2D eigenvalue weighted by Crippen LogP contribution is 2.18. The Morgan fingerprint density at radius 1 is 1.55 bits per heavy atom. The van der Waals surface area contributed by atoms with Crippen LogP contribution in [0, 0.1) is 0 Å². The van der Waals surface area contributed by atoms with Gasteiger partial charge in [-0.2, -0.15) is 0 Å². The van der Waals surface area contributed by atoms with Crippen LogP contribution in [0.2, 0.25) is 0 Å². The first-order chi connectivity index (χ1) is 9.29. The Labute approximate surface area is 118 Å². The van der Waals surface area contributed by atoms with Gasteiger partial charge in [-0.15, -0.1) is 5.10 Å². The summed E-state index contributed by atoms with van der Waals surface area (Å²) < 4.78 is 5.55. The third kappa shape index (κ3) is 3.16. The van der Waals surface area contributed by atoms with Crippen molar-refractivity contribution in [1.29, 1.82) is 0 Å². The molecule has 1 fully saturated rings. The number of carbonyl (C=O) groups is 1. The summed E-state index contributed by atoms with van der Waals surface area (Å²) in [4.78, 5) is 18.4. The zero-order chi connectivity index (χ0) is 14.9. The molecule has 7 nitrogen and oxygen atoms in total. The number of nitrogens with zero attached hydrogens (tertiary/aromatic N) is 3. The number of rotatable bonds is 2. The van der Waals surface area contributed by atoms with Crippen molar-refractivity contribution in [3.63, 3.8) is 0 Å². The molecule has 0 bridgehead atoms. The van der Waals surface area contributed by atoms with Crippen molar-refractivity contribution >= 4 is 5.91 Å². The summed E-state index contributed by atoms with van der Waals surface area (Å²) in [7, 11) is 0. The number of aromatic amines is 1. The minimum absolute atomic E-state index is 0.108. The average molecular weight is 281 g/mol. The SMILES string of the molecule is CC(N)C1CN(C(=O)c2n[nH]c(C(C)(C)C)n2)CCO1. The van der Waals surface area contributed by atoms with Crippen LogP contribution in [0.3, 0.4) is 0 Å². The molecule has 1 aromatic rings. The minimum Gasteiger partial charge on any atom is -0.373 e. The number of carbonyl (C=O) groups excluding carboxylic acids is 1. The van der Waals surface area contributed by atoms with E-state index in [4.69, 9.17) is 10.5 Å². The van der Waals surface area contributed by atoms with Crippen molar-refractivity contribution in [2.75, 3.05) is 19.7 Å². The Bertz CT molecular complexity index is 477. The molecule has 3 N–H and O–H groups in total. The topological polar surface area (TPSA) is 97.1 Å². The van der Waals surface area contributed by atoms with Crippen molar-refractivity contribution in [3.8, 4) is 0 Å². The van der Waals surface area contributed by atoms with Gasteiger partial charge in [0, 0.05) is 24.5 Å². The van der Waals surface area contributed by atoms with Crippen molar-refractivity contribution in [1.82, 2.24) is 20.1 Å². The summed E-state index contributed by atoms with van der Waals surface area (Å²) in [5.74, 6) is 0.740. The predicted molar refractivity (Wildman–Crippen MR) is 74.4 cm³/mol. The van der Waals surface area contributed by atoms with E-state index < -0.39 is 0 Å². The lowest BCUT2D eigenvalue weighted by atomic mass is 9.96. The maximum atomic E-state index is 12.4. The standard InChI is InChI=1S/C13H23N5O2/c1-8(14)9-7-18(5-6-20-9)11(19)10-15-12(17-16-10)13(2,3)4/h8-9H,5-7,14H2,1-4H3,(H,15,16,17). The van der Waals surface area contributed by atoms with Crippen LogP contribution in [0.15, 0.2) is 0 Å². The van der Waals surface area contributed by atoms with E-state index >= 15 is 0 Å². The molecule has 0 saturated carbocycles. The van der Waals surface area contributed by atoms with Gasteiger partial charge in [0.2, 0.25) is 5.82 Å². The maximum Gasteiger partial charge on any atom is 0.293 e. The van der Waals surface area contributed by atoms with Crippen LogP contribution < -0.4 is 5.73 Å². The number of hydrogen-bond acceptors (Lipinski definition) is 5. The van der Waals surface area contributed by atoms with E-state index in [1.807, 2.05) is 27.7 Å². The average Bonchev–Trinajstić information content (AvgIpc) is 2.87. The van der Waals surface area contributed by atoms with Crippen LogP contribution in [0.1, 0.15) is 44.1 Å². The number of nitrogens with two attached hydrogens (primary N) is 1. The van der Waals surface area contributed by atoms with Crippen molar-refractivity contribution < 1.29 is 9.53 Å². The molecule has 1 aliphatic heterocycles. The zero-order valence-corrected chi connectivity index (χ0v) is 12.5. The van der Waals surface area contributed by atoms with Gasteiger partial charge in [0.1, 0.15) is 5.82 Å². The van der Waals surface area contributed by atoms with Gasteiger partial charge >= 0.3 is 0 Å². The first kappa shape index (κ1) is 14.9. The fourth-order valence-corrected chi connectivity index (χ4v) is 2.01. The van der Waals surface area contributed by atoms with E-state index in [2.05, 4.69) is 15.2 Å². The second-order valence-corrected chi connectivity index (χ2v) is 6.28. The number of morpholine rings is 1. The molecule has 2 heterocycles. The molecule has 2 atom stereocenters. The second kappa shape index (κ2) is 5.49. The first-order valence-electron chi connectivity index (χ1n) is 6.88. The number of nitrogens with one attached hydrogen (secondary N) is 1.